The molecule has 3 rings (SSSR count). The number of carbonyl (C=O) groups is 1. The minimum Gasteiger partial charge on any atom is -0.501 e. The van der Waals surface area contributed by atoms with E-state index < -0.39 is 0 Å². The molecule has 3 aliphatic carbocycles. The Morgan fingerprint density at radius 3 is 2.60 bits per heavy atom. The Hall–Kier alpha value is -1.09. The molecule has 5 unspecified atom stereocenters. The van der Waals surface area contributed by atoms with Crippen LogP contribution in [0.3, 0.4) is 0 Å². The Bertz CT molecular complexity index is 422. The van der Waals surface area contributed by atoms with Crippen molar-refractivity contribution in [3.05, 3.63) is 24.0 Å². The fraction of sp³-hybridized carbons (Fsp3) is 0.706. The zero-order valence-corrected chi connectivity index (χ0v) is 13.1. The predicted molar refractivity (Wildman–Crippen MR) is 79.1 cm³/mol. The SMILES string of the molecule is COC1=CC2C(/C=C/C(C)=O)C(OC)C1CC2C(C)C. The van der Waals surface area contributed by atoms with Gasteiger partial charge in [0, 0.05) is 18.9 Å². The van der Waals surface area contributed by atoms with Gasteiger partial charge in [0.05, 0.1) is 19.0 Å². The average Bonchev–Trinajstić information content (AvgIpc) is 2.43. The van der Waals surface area contributed by atoms with Crippen LogP contribution in [0.15, 0.2) is 24.0 Å². The van der Waals surface area contributed by atoms with Gasteiger partial charge in [-0.1, -0.05) is 19.9 Å². The molecule has 1 fully saturated rings. The Labute approximate surface area is 122 Å². The van der Waals surface area contributed by atoms with E-state index in [2.05, 4.69) is 19.9 Å². The summed E-state index contributed by atoms with van der Waals surface area (Å²) in [6.45, 7) is 6.15. The van der Waals surface area contributed by atoms with E-state index in [-0.39, 0.29) is 17.8 Å². The monoisotopic (exact) mass is 278 g/mol. The van der Waals surface area contributed by atoms with Gasteiger partial charge in [0.15, 0.2) is 5.78 Å². The minimum absolute atomic E-state index is 0.0957. The number of fused-ring (bicyclic) bond motifs is 2. The third-order valence-corrected chi connectivity index (χ3v) is 4.88. The summed E-state index contributed by atoms with van der Waals surface area (Å²) in [6, 6.07) is 0. The van der Waals surface area contributed by atoms with Crippen LogP contribution >= 0.6 is 0 Å². The molecule has 0 aromatic heterocycles. The molecule has 0 N–H and O–H groups in total. The van der Waals surface area contributed by atoms with Crippen molar-refractivity contribution in [3.63, 3.8) is 0 Å². The topological polar surface area (TPSA) is 35.5 Å². The molecule has 3 heteroatoms. The van der Waals surface area contributed by atoms with Crippen LogP contribution in [-0.4, -0.2) is 26.1 Å². The molecule has 0 aromatic rings. The van der Waals surface area contributed by atoms with E-state index in [0.29, 0.717) is 23.7 Å². The van der Waals surface area contributed by atoms with Gasteiger partial charge in [0.1, 0.15) is 0 Å². The second-order valence-corrected chi connectivity index (χ2v) is 6.35. The second-order valence-electron chi connectivity index (χ2n) is 6.35. The van der Waals surface area contributed by atoms with Crippen molar-refractivity contribution >= 4 is 5.78 Å². The van der Waals surface area contributed by atoms with Crippen molar-refractivity contribution < 1.29 is 14.3 Å². The lowest BCUT2D eigenvalue weighted by molar-refractivity contribution is -0.112. The van der Waals surface area contributed by atoms with Crippen molar-refractivity contribution in [3.8, 4) is 0 Å². The zero-order chi connectivity index (χ0) is 14.9. The Morgan fingerprint density at radius 1 is 1.40 bits per heavy atom. The molecule has 0 aliphatic heterocycles. The largest absolute Gasteiger partial charge is 0.501 e. The number of ketones is 1. The van der Waals surface area contributed by atoms with Gasteiger partial charge in [0.2, 0.25) is 0 Å². The number of rotatable bonds is 5. The highest BCUT2D eigenvalue weighted by atomic mass is 16.5. The Balaban J connectivity index is 2.35. The van der Waals surface area contributed by atoms with Crippen molar-refractivity contribution in [2.45, 2.75) is 33.3 Å². The number of hydrogen-bond acceptors (Lipinski definition) is 3. The number of allylic oxidation sites excluding steroid dienone is 2. The van der Waals surface area contributed by atoms with Crippen LogP contribution < -0.4 is 0 Å². The maximum atomic E-state index is 11.3. The standard InChI is InChI=1S/C17H26O3/c1-10(2)13-8-15-16(19-4)9-14(13)12(17(15)20-5)7-6-11(3)18/h6-7,9-10,12-15,17H,8H2,1-5H3/b7-6+. The van der Waals surface area contributed by atoms with Gasteiger partial charge < -0.3 is 9.47 Å². The third-order valence-electron chi connectivity index (χ3n) is 4.88. The molecule has 0 heterocycles. The summed E-state index contributed by atoms with van der Waals surface area (Å²) in [5, 5.41) is 0. The lowest BCUT2D eigenvalue weighted by Crippen LogP contribution is -2.49. The lowest BCUT2D eigenvalue weighted by Gasteiger charge is -2.50. The molecular weight excluding hydrogens is 252 g/mol. The number of hydrogen-bond donors (Lipinski definition) is 0. The average molecular weight is 278 g/mol. The molecular formula is C17H26O3. The van der Waals surface area contributed by atoms with Gasteiger partial charge in [-0.2, -0.15) is 0 Å². The number of carbonyl (C=O) groups excluding carboxylic acids is 1. The first-order valence-electron chi connectivity index (χ1n) is 7.46. The van der Waals surface area contributed by atoms with E-state index in [4.69, 9.17) is 9.47 Å². The fourth-order valence-corrected chi connectivity index (χ4v) is 3.93. The maximum Gasteiger partial charge on any atom is 0.152 e. The molecule has 2 bridgehead atoms. The van der Waals surface area contributed by atoms with E-state index in [1.807, 2.05) is 6.08 Å². The van der Waals surface area contributed by atoms with Gasteiger partial charge >= 0.3 is 0 Å². The fourth-order valence-electron chi connectivity index (χ4n) is 3.93. The van der Waals surface area contributed by atoms with Crippen LogP contribution in [-0.2, 0) is 14.3 Å². The minimum atomic E-state index is 0.0957. The molecule has 112 valence electrons. The highest BCUT2D eigenvalue weighted by Crippen LogP contribution is 2.51. The van der Waals surface area contributed by atoms with Crippen molar-refractivity contribution in [1.29, 1.82) is 0 Å². The summed E-state index contributed by atoms with van der Waals surface area (Å²) in [5.41, 5.74) is 0. The van der Waals surface area contributed by atoms with Crippen molar-refractivity contribution in [2.24, 2.45) is 29.6 Å². The highest BCUT2D eigenvalue weighted by Gasteiger charge is 2.49. The number of methoxy groups -OCH3 is 2. The quantitative estimate of drug-likeness (QED) is 0.724. The first-order valence-corrected chi connectivity index (χ1v) is 7.46. The molecule has 1 saturated carbocycles. The van der Waals surface area contributed by atoms with Crippen LogP contribution in [0.25, 0.3) is 0 Å². The van der Waals surface area contributed by atoms with Gasteiger partial charge in [-0.3, -0.25) is 4.79 Å². The normalized spacial score (nSPS) is 36.5. The van der Waals surface area contributed by atoms with Gasteiger partial charge in [-0.15, -0.1) is 0 Å². The van der Waals surface area contributed by atoms with Crippen molar-refractivity contribution in [1.82, 2.24) is 0 Å². The molecule has 0 amide bonds. The van der Waals surface area contributed by atoms with Crippen LogP contribution in [0.4, 0.5) is 0 Å². The Kier molecular flexibility index (Phi) is 4.69. The zero-order valence-electron chi connectivity index (χ0n) is 13.1. The summed E-state index contributed by atoms with van der Waals surface area (Å²) in [4.78, 5) is 11.3. The molecule has 0 aromatic carbocycles. The molecule has 0 saturated heterocycles. The van der Waals surface area contributed by atoms with Gasteiger partial charge in [-0.05, 0) is 43.3 Å². The second kappa shape index (κ2) is 6.13. The summed E-state index contributed by atoms with van der Waals surface area (Å²) in [6.07, 6.45) is 7.24. The summed E-state index contributed by atoms with van der Waals surface area (Å²) in [7, 11) is 3.50. The molecule has 20 heavy (non-hydrogen) atoms. The maximum absolute atomic E-state index is 11.3. The first kappa shape index (κ1) is 15.3. The van der Waals surface area contributed by atoms with Gasteiger partial charge in [-0.25, -0.2) is 0 Å². The molecule has 0 spiro atoms. The first-order chi connectivity index (χ1) is 9.49. The van der Waals surface area contributed by atoms with E-state index in [9.17, 15) is 4.79 Å². The predicted octanol–water partition coefficient (Wildman–Crippen LogP) is 3.22. The van der Waals surface area contributed by atoms with Crippen LogP contribution in [0.5, 0.6) is 0 Å². The van der Waals surface area contributed by atoms with E-state index >= 15 is 0 Å². The van der Waals surface area contributed by atoms with Crippen molar-refractivity contribution in [2.75, 3.05) is 14.2 Å². The third kappa shape index (κ3) is 2.69. The Morgan fingerprint density at radius 2 is 2.10 bits per heavy atom. The molecule has 0 radical (unpaired) electrons. The van der Waals surface area contributed by atoms with E-state index in [0.717, 1.165) is 12.2 Å². The van der Waals surface area contributed by atoms with Crippen LogP contribution in [0.1, 0.15) is 27.2 Å². The molecule has 3 aliphatic rings. The van der Waals surface area contributed by atoms with Crippen LogP contribution in [0.2, 0.25) is 0 Å². The van der Waals surface area contributed by atoms with E-state index in [1.165, 1.54) is 0 Å². The highest BCUT2D eigenvalue weighted by molar-refractivity contribution is 5.87. The summed E-state index contributed by atoms with van der Waals surface area (Å²) >= 11 is 0. The molecule has 5 atom stereocenters. The van der Waals surface area contributed by atoms with Gasteiger partial charge in [0.25, 0.3) is 0 Å². The smallest absolute Gasteiger partial charge is 0.152 e. The van der Waals surface area contributed by atoms with Crippen LogP contribution in [0, 0.1) is 29.6 Å². The summed E-state index contributed by atoms with van der Waals surface area (Å²) in [5.74, 6) is 3.40. The van der Waals surface area contributed by atoms with E-state index in [1.54, 1.807) is 27.2 Å². The number of ether oxygens (including phenoxy) is 2. The molecule has 3 nitrogen and oxygen atoms in total. The lowest BCUT2D eigenvalue weighted by atomic mass is 9.58. The summed E-state index contributed by atoms with van der Waals surface area (Å²) < 4.78 is 11.3.